The fourth-order valence-electron chi connectivity index (χ4n) is 1.86. The topological polar surface area (TPSA) is 12.0 Å². The van der Waals surface area contributed by atoms with Gasteiger partial charge in [0.25, 0.3) is 0 Å². The Morgan fingerprint density at radius 2 is 2.06 bits per heavy atom. The Hall–Kier alpha value is -1.38. The second kappa shape index (κ2) is 6.53. The predicted octanol–water partition coefficient (Wildman–Crippen LogP) is 4.47. The summed E-state index contributed by atoms with van der Waals surface area (Å²) in [6.07, 6.45) is 2.97. The van der Waals surface area contributed by atoms with Crippen LogP contribution in [0.5, 0.6) is 0 Å². The molecule has 2 heteroatoms. The van der Waals surface area contributed by atoms with E-state index in [-0.39, 0.29) is 0 Å². The minimum Gasteiger partial charge on any atom is -0.309 e. The highest BCUT2D eigenvalue weighted by Crippen LogP contribution is 2.25. The number of rotatable bonds is 6. The van der Waals surface area contributed by atoms with E-state index in [2.05, 4.69) is 60.6 Å². The van der Waals surface area contributed by atoms with Crippen molar-refractivity contribution in [2.75, 3.05) is 0 Å². The Kier molecular flexibility index (Phi) is 4.73. The summed E-state index contributed by atoms with van der Waals surface area (Å²) in [6.45, 7) is 6.89. The fourth-order valence-corrected chi connectivity index (χ4v) is 2.71. The maximum absolute atomic E-state index is 3.76. The van der Waals surface area contributed by atoms with Gasteiger partial charge in [-0.3, -0.25) is 0 Å². The molecule has 0 aliphatic rings. The Morgan fingerprint density at radius 3 is 2.78 bits per heavy atom. The number of nitrogens with one attached hydrogen (secondary N) is 1. The molecule has 1 aromatic heterocycles. The van der Waals surface area contributed by atoms with Crippen LogP contribution in [0.1, 0.15) is 18.2 Å². The van der Waals surface area contributed by atoms with Crippen LogP contribution in [-0.2, 0) is 6.54 Å². The van der Waals surface area contributed by atoms with Gasteiger partial charge in [-0.25, -0.2) is 0 Å². The van der Waals surface area contributed by atoms with E-state index in [4.69, 9.17) is 0 Å². The highest BCUT2D eigenvalue weighted by atomic mass is 32.1. The summed E-state index contributed by atoms with van der Waals surface area (Å²) in [6, 6.07) is 13.3. The molecule has 0 bridgehead atoms. The molecule has 1 unspecified atom stereocenters. The third-order valence-electron chi connectivity index (χ3n) is 2.91. The van der Waals surface area contributed by atoms with Gasteiger partial charge in [0.05, 0.1) is 0 Å². The van der Waals surface area contributed by atoms with E-state index < -0.39 is 0 Å². The second-order valence-corrected chi connectivity index (χ2v) is 5.47. The molecule has 1 aromatic carbocycles. The summed E-state index contributed by atoms with van der Waals surface area (Å²) in [5, 5.41) is 5.73. The van der Waals surface area contributed by atoms with Gasteiger partial charge in [0.2, 0.25) is 0 Å². The average molecular weight is 257 g/mol. The molecule has 1 N–H and O–H groups in total. The monoisotopic (exact) mass is 257 g/mol. The normalized spacial score (nSPS) is 12.3. The summed E-state index contributed by atoms with van der Waals surface area (Å²) in [5.41, 5.74) is 2.60. The van der Waals surface area contributed by atoms with Crippen LogP contribution in [0.4, 0.5) is 0 Å². The molecule has 94 valence electrons. The third-order valence-corrected chi connectivity index (χ3v) is 3.84. The molecule has 0 fully saturated rings. The van der Waals surface area contributed by atoms with Crippen molar-refractivity contribution in [1.82, 2.24) is 5.32 Å². The molecule has 2 aromatic rings. The number of benzene rings is 1. The van der Waals surface area contributed by atoms with E-state index in [1.54, 1.807) is 0 Å². The third kappa shape index (κ3) is 3.56. The quantitative estimate of drug-likeness (QED) is 0.753. The van der Waals surface area contributed by atoms with Crippen LogP contribution in [0.25, 0.3) is 11.1 Å². The lowest BCUT2D eigenvalue weighted by Gasteiger charge is -2.09. The Balaban J connectivity index is 1.96. The van der Waals surface area contributed by atoms with Gasteiger partial charge in [-0.15, -0.1) is 17.9 Å². The van der Waals surface area contributed by atoms with Gasteiger partial charge in [-0.2, -0.15) is 0 Å². The largest absolute Gasteiger partial charge is 0.309 e. The SMILES string of the molecule is C=CCC(C)NCc1cc(-c2ccccc2)cs1. The first-order valence-electron chi connectivity index (χ1n) is 6.26. The van der Waals surface area contributed by atoms with Crippen molar-refractivity contribution < 1.29 is 0 Å². The first-order chi connectivity index (χ1) is 8.79. The highest BCUT2D eigenvalue weighted by molar-refractivity contribution is 7.10. The molecule has 2 rings (SSSR count). The molecule has 0 radical (unpaired) electrons. The van der Waals surface area contributed by atoms with E-state index in [0.717, 1.165) is 13.0 Å². The van der Waals surface area contributed by atoms with Gasteiger partial charge in [-0.05, 0) is 35.9 Å². The van der Waals surface area contributed by atoms with E-state index in [1.807, 2.05) is 17.4 Å². The lowest BCUT2D eigenvalue weighted by Crippen LogP contribution is -2.24. The maximum Gasteiger partial charge on any atom is 0.0302 e. The summed E-state index contributed by atoms with van der Waals surface area (Å²) in [5.74, 6) is 0. The molecule has 0 amide bonds. The lowest BCUT2D eigenvalue weighted by atomic mass is 10.1. The first kappa shape index (κ1) is 13.1. The lowest BCUT2D eigenvalue weighted by molar-refractivity contribution is 0.557. The van der Waals surface area contributed by atoms with E-state index in [9.17, 15) is 0 Å². The first-order valence-corrected chi connectivity index (χ1v) is 7.14. The van der Waals surface area contributed by atoms with Crippen LogP contribution in [0.15, 0.2) is 54.4 Å². The zero-order chi connectivity index (χ0) is 12.8. The molecule has 1 nitrogen and oxygen atoms in total. The average Bonchev–Trinajstić information content (AvgIpc) is 2.87. The summed E-state index contributed by atoms with van der Waals surface area (Å²) >= 11 is 1.82. The maximum atomic E-state index is 3.76. The standard InChI is InChI=1S/C16H19NS/c1-3-7-13(2)17-11-16-10-15(12-18-16)14-8-5-4-6-9-14/h3-6,8-10,12-13,17H,1,7,11H2,2H3. The minimum atomic E-state index is 0.491. The molecular weight excluding hydrogens is 238 g/mol. The Morgan fingerprint density at radius 1 is 1.28 bits per heavy atom. The van der Waals surface area contributed by atoms with Crippen LogP contribution in [0.2, 0.25) is 0 Å². The number of hydrogen-bond acceptors (Lipinski definition) is 2. The van der Waals surface area contributed by atoms with E-state index >= 15 is 0 Å². The second-order valence-electron chi connectivity index (χ2n) is 4.47. The predicted molar refractivity (Wildman–Crippen MR) is 80.9 cm³/mol. The Labute approximate surface area is 113 Å². The van der Waals surface area contributed by atoms with Crippen molar-refractivity contribution in [1.29, 1.82) is 0 Å². The van der Waals surface area contributed by atoms with Crippen LogP contribution >= 0.6 is 11.3 Å². The molecule has 0 spiro atoms. The summed E-state index contributed by atoms with van der Waals surface area (Å²) in [7, 11) is 0. The van der Waals surface area contributed by atoms with E-state index in [0.29, 0.717) is 6.04 Å². The van der Waals surface area contributed by atoms with Gasteiger partial charge >= 0.3 is 0 Å². The molecule has 18 heavy (non-hydrogen) atoms. The van der Waals surface area contributed by atoms with Gasteiger partial charge in [0.1, 0.15) is 0 Å². The van der Waals surface area contributed by atoms with Crippen LogP contribution in [0, 0.1) is 0 Å². The smallest absolute Gasteiger partial charge is 0.0302 e. The van der Waals surface area contributed by atoms with Crippen molar-refractivity contribution >= 4 is 11.3 Å². The van der Waals surface area contributed by atoms with Crippen molar-refractivity contribution in [3.8, 4) is 11.1 Å². The van der Waals surface area contributed by atoms with Crippen molar-refractivity contribution in [2.45, 2.75) is 25.9 Å². The van der Waals surface area contributed by atoms with Crippen molar-refractivity contribution in [3.05, 3.63) is 59.3 Å². The van der Waals surface area contributed by atoms with Crippen LogP contribution in [0.3, 0.4) is 0 Å². The molecule has 0 saturated carbocycles. The van der Waals surface area contributed by atoms with Crippen molar-refractivity contribution in [3.63, 3.8) is 0 Å². The zero-order valence-corrected chi connectivity index (χ0v) is 11.5. The highest BCUT2D eigenvalue weighted by Gasteiger charge is 2.03. The molecule has 0 aliphatic carbocycles. The van der Waals surface area contributed by atoms with Gasteiger partial charge < -0.3 is 5.32 Å². The van der Waals surface area contributed by atoms with Crippen LogP contribution in [-0.4, -0.2) is 6.04 Å². The number of hydrogen-bond donors (Lipinski definition) is 1. The molecule has 1 atom stereocenters. The van der Waals surface area contributed by atoms with Gasteiger partial charge in [0, 0.05) is 17.5 Å². The van der Waals surface area contributed by atoms with Gasteiger partial charge in [0.15, 0.2) is 0 Å². The van der Waals surface area contributed by atoms with E-state index in [1.165, 1.54) is 16.0 Å². The van der Waals surface area contributed by atoms with Crippen LogP contribution < -0.4 is 5.32 Å². The molecule has 0 aliphatic heterocycles. The van der Waals surface area contributed by atoms with Crippen molar-refractivity contribution in [2.24, 2.45) is 0 Å². The zero-order valence-electron chi connectivity index (χ0n) is 10.7. The molecule has 0 saturated heterocycles. The molecule has 1 heterocycles. The summed E-state index contributed by atoms with van der Waals surface area (Å²) in [4.78, 5) is 1.38. The fraction of sp³-hybridized carbons (Fsp3) is 0.250. The Bertz CT molecular complexity index is 487. The number of thiophene rings is 1. The summed E-state index contributed by atoms with van der Waals surface area (Å²) < 4.78 is 0. The van der Waals surface area contributed by atoms with Gasteiger partial charge in [-0.1, -0.05) is 36.4 Å². The molecular formula is C16H19NS. The minimum absolute atomic E-state index is 0.491.